The van der Waals surface area contributed by atoms with E-state index in [1.165, 1.54) is 12.8 Å². The van der Waals surface area contributed by atoms with Gasteiger partial charge in [-0.05, 0) is 32.7 Å². The van der Waals surface area contributed by atoms with Crippen molar-refractivity contribution in [3.05, 3.63) is 0 Å². The first-order valence-electron chi connectivity index (χ1n) is 7.41. The van der Waals surface area contributed by atoms with E-state index in [1.54, 1.807) is 0 Å². The van der Waals surface area contributed by atoms with Crippen molar-refractivity contribution in [3.8, 4) is 0 Å². The number of carbonyl (C=O) groups excluding carboxylic acids is 2. The van der Waals surface area contributed by atoms with Crippen molar-refractivity contribution in [3.63, 3.8) is 0 Å². The predicted octanol–water partition coefficient (Wildman–Crippen LogP) is 0.940. The molecule has 2 amide bonds. The van der Waals surface area contributed by atoms with Gasteiger partial charge in [-0.1, -0.05) is 13.3 Å². The van der Waals surface area contributed by atoms with Crippen LogP contribution in [0.25, 0.3) is 0 Å². The zero-order valence-corrected chi connectivity index (χ0v) is 12.1. The Morgan fingerprint density at radius 2 is 2.11 bits per heavy atom. The van der Waals surface area contributed by atoms with Crippen molar-refractivity contribution in [2.24, 2.45) is 0 Å². The van der Waals surface area contributed by atoms with Crippen LogP contribution in [0.3, 0.4) is 0 Å². The largest absolute Gasteiger partial charge is 0.356 e. The van der Waals surface area contributed by atoms with E-state index in [-0.39, 0.29) is 17.9 Å². The smallest absolute Gasteiger partial charge is 0.221 e. The minimum atomic E-state index is 0.00504. The van der Waals surface area contributed by atoms with Gasteiger partial charge in [-0.25, -0.2) is 0 Å². The van der Waals surface area contributed by atoms with Crippen LogP contribution in [0.1, 0.15) is 52.4 Å². The van der Waals surface area contributed by atoms with Crippen LogP contribution in [-0.2, 0) is 9.59 Å². The van der Waals surface area contributed by atoms with Gasteiger partial charge in [0, 0.05) is 31.5 Å². The molecule has 0 aromatic rings. The van der Waals surface area contributed by atoms with Gasteiger partial charge in [-0.2, -0.15) is 0 Å². The number of nitrogens with one attached hydrogen (secondary N) is 3. The van der Waals surface area contributed by atoms with Crippen LogP contribution in [0.2, 0.25) is 0 Å². The molecule has 5 nitrogen and oxygen atoms in total. The summed E-state index contributed by atoms with van der Waals surface area (Å²) in [4.78, 5) is 23.2. The lowest BCUT2D eigenvalue weighted by molar-refractivity contribution is -0.122. The van der Waals surface area contributed by atoms with Crippen molar-refractivity contribution >= 4 is 11.8 Å². The average molecular weight is 269 g/mol. The topological polar surface area (TPSA) is 70.2 Å². The number of piperidine rings is 1. The van der Waals surface area contributed by atoms with E-state index in [0.29, 0.717) is 25.4 Å². The Bertz CT molecular complexity index is 288. The minimum Gasteiger partial charge on any atom is -0.356 e. The summed E-state index contributed by atoms with van der Waals surface area (Å²) in [6.07, 6.45) is 5.27. The molecule has 5 heteroatoms. The fourth-order valence-electron chi connectivity index (χ4n) is 2.16. The Hall–Kier alpha value is -1.10. The van der Waals surface area contributed by atoms with Gasteiger partial charge < -0.3 is 16.0 Å². The van der Waals surface area contributed by atoms with Gasteiger partial charge in [0.15, 0.2) is 0 Å². The van der Waals surface area contributed by atoms with Gasteiger partial charge >= 0.3 is 0 Å². The molecule has 1 heterocycles. The Kier molecular flexibility index (Phi) is 7.48. The van der Waals surface area contributed by atoms with Crippen LogP contribution < -0.4 is 16.0 Å². The summed E-state index contributed by atoms with van der Waals surface area (Å²) in [6.45, 7) is 5.44. The fourth-order valence-corrected chi connectivity index (χ4v) is 2.16. The molecule has 1 aliphatic rings. The molecule has 0 aliphatic carbocycles. The summed E-state index contributed by atoms with van der Waals surface area (Å²) < 4.78 is 0. The molecule has 1 fully saturated rings. The molecule has 1 aliphatic heterocycles. The summed E-state index contributed by atoms with van der Waals surface area (Å²) >= 11 is 0. The van der Waals surface area contributed by atoms with Crippen LogP contribution in [-0.4, -0.2) is 37.0 Å². The Morgan fingerprint density at radius 1 is 1.32 bits per heavy atom. The third-order valence-electron chi connectivity index (χ3n) is 3.54. The molecular formula is C14H27N3O2. The van der Waals surface area contributed by atoms with Crippen LogP contribution in [0.15, 0.2) is 0 Å². The SMILES string of the molecule is CCC(C)NC(=O)CCNC(=O)CC1CCCCN1. The summed E-state index contributed by atoms with van der Waals surface area (Å²) in [5.41, 5.74) is 0. The maximum absolute atomic E-state index is 11.7. The van der Waals surface area contributed by atoms with Crippen LogP contribution >= 0.6 is 0 Å². The van der Waals surface area contributed by atoms with Crippen LogP contribution in [0, 0.1) is 0 Å². The lowest BCUT2D eigenvalue weighted by Crippen LogP contribution is -2.40. The van der Waals surface area contributed by atoms with E-state index in [1.807, 2.05) is 13.8 Å². The second-order valence-electron chi connectivity index (χ2n) is 5.33. The average Bonchev–Trinajstić information content (AvgIpc) is 2.39. The normalized spacial score (nSPS) is 20.6. The van der Waals surface area contributed by atoms with Gasteiger partial charge in [-0.3, -0.25) is 9.59 Å². The molecule has 0 radical (unpaired) electrons. The molecule has 110 valence electrons. The molecule has 1 rings (SSSR count). The molecule has 3 N–H and O–H groups in total. The highest BCUT2D eigenvalue weighted by Gasteiger charge is 2.16. The van der Waals surface area contributed by atoms with E-state index in [4.69, 9.17) is 0 Å². The monoisotopic (exact) mass is 269 g/mol. The predicted molar refractivity (Wildman–Crippen MR) is 75.8 cm³/mol. The highest BCUT2D eigenvalue weighted by atomic mass is 16.2. The summed E-state index contributed by atoms with van der Waals surface area (Å²) in [5.74, 6) is 0.0428. The molecule has 2 atom stereocenters. The van der Waals surface area contributed by atoms with Crippen molar-refractivity contribution in [2.45, 2.75) is 64.5 Å². The quantitative estimate of drug-likeness (QED) is 0.644. The van der Waals surface area contributed by atoms with Crippen molar-refractivity contribution in [1.29, 1.82) is 0 Å². The zero-order valence-electron chi connectivity index (χ0n) is 12.1. The van der Waals surface area contributed by atoms with E-state index >= 15 is 0 Å². The molecule has 0 aromatic carbocycles. The summed E-state index contributed by atoms with van der Waals surface area (Å²) in [5, 5.41) is 9.04. The van der Waals surface area contributed by atoms with Crippen LogP contribution in [0.5, 0.6) is 0 Å². The molecule has 0 saturated carbocycles. The Morgan fingerprint density at radius 3 is 2.74 bits per heavy atom. The van der Waals surface area contributed by atoms with E-state index in [2.05, 4.69) is 16.0 Å². The first-order valence-corrected chi connectivity index (χ1v) is 7.41. The van der Waals surface area contributed by atoms with E-state index in [0.717, 1.165) is 19.4 Å². The van der Waals surface area contributed by atoms with Crippen molar-refractivity contribution in [1.82, 2.24) is 16.0 Å². The second kappa shape index (κ2) is 8.91. The van der Waals surface area contributed by atoms with Gasteiger partial charge in [-0.15, -0.1) is 0 Å². The number of hydrogen-bond donors (Lipinski definition) is 3. The highest BCUT2D eigenvalue weighted by Crippen LogP contribution is 2.09. The maximum atomic E-state index is 11.7. The third kappa shape index (κ3) is 7.15. The van der Waals surface area contributed by atoms with Gasteiger partial charge in [0.05, 0.1) is 0 Å². The molecule has 0 spiro atoms. The molecule has 1 saturated heterocycles. The molecule has 0 aromatic heterocycles. The molecule has 2 unspecified atom stereocenters. The molecule has 19 heavy (non-hydrogen) atoms. The molecular weight excluding hydrogens is 242 g/mol. The Balaban J connectivity index is 2.07. The van der Waals surface area contributed by atoms with Gasteiger partial charge in [0.1, 0.15) is 0 Å². The van der Waals surface area contributed by atoms with E-state index in [9.17, 15) is 9.59 Å². The lowest BCUT2D eigenvalue weighted by atomic mass is 10.0. The fraction of sp³-hybridized carbons (Fsp3) is 0.857. The highest BCUT2D eigenvalue weighted by molar-refractivity contribution is 5.79. The maximum Gasteiger partial charge on any atom is 0.221 e. The zero-order chi connectivity index (χ0) is 14.1. The summed E-state index contributed by atoms with van der Waals surface area (Å²) in [6, 6.07) is 0.511. The van der Waals surface area contributed by atoms with Crippen LogP contribution in [0.4, 0.5) is 0 Å². The number of carbonyl (C=O) groups is 2. The first kappa shape index (κ1) is 16.0. The second-order valence-corrected chi connectivity index (χ2v) is 5.33. The Labute approximate surface area is 115 Å². The number of amides is 2. The molecule has 0 bridgehead atoms. The van der Waals surface area contributed by atoms with Crippen molar-refractivity contribution < 1.29 is 9.59 Å². The first-order chi connectivity index (χ1) is 9.11. The van der Waals surface area contributed by atoms with Gasteiger partial charge in [0.25, 0.3) is 0 Å². The standard InChI is InChI=1S/C14H27N3O2/c1-3-11(2)17-13(18)7-9-16-14(19)10-12-6-4-5-8-15-12/h11-12,15H,3-10H2,1-2H3,(H,16,19)(H,17,18). The minimum absolute atomic E-state index is 0.00504. The van der Waals surface area contributed by atoms with Crippen molar-refractivity contribution in [2.75, 3.05) is 13.1 Å². The lowest BCUT2D eigenvalue weighted by Gasteiger charge is -2.22. The van der Waals surface area contributed by atoms with Gasteiger partial charge in [0.2, 0.25) is 11.8 Å². The summed E-state index contributed by atoms with van der Waals surface area (Å²) in [7, 11) is 0. The number of rotatable bonds is 7. The third-order valence-corrected chi connectivity index (χ3v) is 3.54. The number of hydrogen-bond acceptors (Lipinski definition) is 3. The van der Waals surface area contributed by atoms with E-state index < -0.39 is 0 Å².